The Labute approximate surface area is 161 Å². The van der Waals surface area contributed by atoms with Crippen molar-refractivity contribution in [3.05, 3.63) is 48.0 Å². The number of hydrogen-bond donors (Lipinski definition) is 0. The zero-order valence-corrected chi connectivity index (χ0v) is 16.5. The maximum Gasteiger partial charge on any atom is 0.130 e. The maximum atomic E-state index is 6.15. The molecule has 3 atom stereocenters. The van der Waals surface area contributed by atoms with Crippen LogP contribution < -0.4 is 9.47 Å². The SMILES string of the molecule is COc1cccc(OC[C@H]2[C@H]3CC[C@@H](C3)N2Cc2cnc(C(C)C)nc2)c1. The first-order valence-corrected chi connectivity index (χ1v) is 9.97. The van der Waals surface area contributed by atoms with E-state index in [4.69, 9.17) is 9.47 Å². The summed E-state index contributed by atoms with van der Waals surface area (Å²) in [5.74, 6) is 3.73. The molecule has 1 aliphatic heterocycles. The zero-order chi connectivity index (χ0) is 18.8. The fourth-order valence-electron chi connectivity index (χ4n) is 4.49. The summed E-state index contributed by atoms with van der Waals surface area (Å²) in [6.45, 7) is 5.88. The van der Waals surface area contributed by atoms with E-state index in [2.05, 4.69) is 28.7 Å². The molecule has 144 valence electrons. The van der Waals surface area contributed by atoms with Crippen LogP contribution in [0.5, 0.6) is 11.5 Å². The first-order chi connectivity index (χ1) is 13.1. The van der Waals surface area contributed by atoms with Crippen LogP contribution in [0, 0.1) is 5.92 Å². The van der Waals surface area contributed by atoms with Gasteiger partial charge in [0.1, 0.15) is 23.9 Å². The number of rotatable bonds is 7. The number of aromatic nitrogens is 2. The topological polar surface area (TPSA) is 47.5 Å². The van der Waals surface area contributed by atoms with Gasteiger partial charge in [-0.2, -0.15) is 0 Å². The van der Waals surface area contributed by atoms with E-state index in [0.717, 1.165) is 36.4 Å². The quantitative estimate of drug-likeness (QED) is 0.739. The average Bonchev–Trinajstić information content (AvgIpc) is 3.29. The van der Waals surface area contributed by atoms with Gasteiger partial charge >= 0.3 is 0 Å². The summed E-state index contributed by atoms with van der Waals surface area (Å²) in [5.41, 5.74) is 1.19. The van der Waals surface area contributed by atoms with Gasteiger partial charge in [0, 0.05) is 48.6 Å². The predicted molar refractivity (Wildman–Crippen MR) is 105 cm³/mol. The van der Waals surface area contributed by atoms with E-state index in [1.807, 2.05) is 36.7 Å². The number of ether oxygens (including phenoxy) is 2. The molecule has 2 aliphatic rings. The van der Waals surface area contributed by atoms with Crippen molar-refractivity contribution < 1.29 is 9.47 Å². The number of benzene rings is 1. The molecule has 0 radical (unpaired) electrons. The Morgan fingerprint density at radius 2 is 1.93 bits per heavy atom. The Morgan fingerprint density at radius 3 is 2.67 bits per heavy atom. The Balaban J connectivity index is 1.43. The Morgan fingerprint density at radius 1 is 1.15 bits per heavy atom. The highest BCUT2D eigenvalue weighted by atomic mass is 16.5. The van der Waals surface area contributed by atoms with E-state index in [9.17, 15) is 0 Å². The number of hydrogen-bond acceptors (Lipinski definition) is 5. The summed E-state index contributed by atoms with van der Waals surface area (Å²) in [6.07, 6.45) is 7.89. The van der Waals surface area contributed by atoms with Crippen molar-refractivity contribution in [3.8, 4) is 11.5 Å². The van der Waals surface area contributed by atoms with Gasteiger partial charge in [-0.05, 0) is 37.3 Å². The third-order valence-corrected chi connectivity index (χ3v) is 5.95. The van der Waals surface area contributed by atoms with E-state index in [1.54, 1.807) is 7.11 Å². The molecule has 2 aromatic rings. The molecule has 1 aromatic carbocycles. The summed E-state index contributed by atoms with van der Waals surface area (Å²) in [7, 11) is 1.68. The van der Waals surface area contributed by atoms with Crippen molar-refractivity contribution in [2.24, 2.45) is 5.92 Å². The molecule has 0 spiro atoms. The third-order valence-electron chi connectivity index (χ3n) is 5.95. The molecule has 1 aliphatic carbocycles. The van der Waals surface area contributed by atoms with Crippen LogP contribution in [-0.4, -0.2) is 40.7 Å². The van der Waals surface area contributed by atoms with E-state index < -0.39 is 0 Å². The normalized spacial score (nSPS) is 24.5. The average molecular weight is 367 g/mol. The van der Waals surface area contributed by atoms with E-state index in [-0.39, 0.29) is 0 Å². The fraction of sp³-hybridized carbons (Fsp3) is 0.545. The Kier molecular flexibility index (Phi) is 5.30. The van der Waals surface area contributed by atoms with Crippen molar-refractivity contribution in [1.82, 2.24) is 14.9 Å². The minimum absolute atomic E-state index is 0.367. The summed E-state index contributed by atoms with van der Waals surface area (Å²) < 4.78 is 11.4. The maximum absolute atomic E-state index is 6.15. The first kappa shape index (κ1) is 18.2. The van der Waals surface area contributed by atoms with Crippen molar-refractivity contribution in [1.29, 1.82) is 0 Å². The predicted octanol–water partition coefficient (Wildman–Crippen LogP) is 4.04. The zero-order valence-electron chi connectivity index (χ0n) is 16.5. The highest BCUT2D eigenvalue weighted by molar-refractivity contribution is 5.32. The minimum atomic E-state index is 0.367. The molecule has 1 saturated heterocycles. The Bertz CT molecular complexity index is 762. The van der Waals surface area contributed by atoms with Gasteiger partial charge in [-0.1, -0.05) is 19.9 Å². The number of likely N-dealkylation sites (tertiary alicyclic amines) is 1. The fourth-order valence-corrected chi connectivity index (χ4v) is 4.49. The minimum Gasteiger partial charge on any atom is -0.497 e. The monoisotopic (exact) mass is 367 g/mol. The van der Waals surface area contributed by atoms with Crippen LogP contribution in [0.2, 0.25) is 0 Å². The van der Waals surface area contributed by atoms with Crippen molar-refractivity contribution in [2.45, 2.75) is 57.7 Å². The molecule has 1 aromatic heterocycles. The van der Waals surface area contributed by atoms with Crippen LogP contribution in [0.4, 0.5) is 0 Å². The van der Waals surface area contributed by atoms with Crippen LogP contribution in [0.25, 0.3) is 0 Å². The second kappa shape index (κ2) is 7.85. The van der Waals surface area contributed by atoms with Crippen molar-refractivity contribution >= 4 is 0 Å². The highest BCUT2D eigenvalue weighted by Crippen LogP contribution is 2.43. The lowest BCUT2D eigenvalue weighted by Crippen LogP contribution is -2.43. The molecule has 0 amide bonds. The number of piperidine rings is 1. The first-order valence-electron chi connectivity index (χ1n) is 9.97. The van der Waals surface area contributed by atoms with Gasteiger partial charge < -0.3 is 9.47 Å². The second-order valence-corrected chi connectivity index (χ2v) is 8.06. The van der Waals surface area contributed by atoms with Crippen LogP contribution >= 0.6 is 0 Å². The number of methoxy groups -OCH3 is 1. The summed E-state index contributed by atoms with van der Waals surface area (Å²) in [5, 5.41) is 0. The molecule has 2 bridgehead atoms. The van der Waals surface area contributed by atoms with Crippen LogP contribution in [0.1, 0.15) is 50.4 Å². The van der Waals surface area contributed by atoms with Gasteiger partial charge in [-0.3, -0.25) is 4.90 Å². The van der Waals surface area contributed by atoms with Crippen molar-refractivity contribution in [3.63, 3.8) is 0 Å². The molecule has 1 saturated carbocycles. The van der Waals surface area contributed by atoms with E-state index in [0.29, 0.717) is 18.0 Å². The van der Waals surface area contributed by atoms with E-state index >= 15 is 0 Å². The van der Waals surface area contributed by atoms with E-state index in [1.165, 1.54) is 24.8 Å². The van der Waals surface area contributed by atoms with Gasteiger partial charge in [-0.15, -0.1) is 0 Å². The lowest BCUT2D eigenvalue weighted by atomic mass is 9.99. The lowest BCUT2D eigenvalue weighted by molar-refractivity contribution is 0.0864. The largest absolute Gasteiger partial charge is 0.497 e. The van der Waals surface area contributed by atoms with Gasteiger partial charge in [0.05, 0.1) is 7.11 Å². The summed E-state index contributed by atoms with van der Waals surface area (Å²) in [4.78, 5) is 11.7. The van der Waals surface area contributed by atoms with Gasteiger partial charge in [-0.25, -0.2) is 9.97 Å². The van der Waals surface area contributed by atoms with Gasteiger partial charge in [0.2, 0.25) is 0 Å². The standard InChI is InChI=1S/C22H29N3O2/c1-15(2)22-23-11-16(12-24-22)13-25-18-8-7-17(9-18)21(25)14-27-20-6-4-5-19(10-20)26-3/h4-6,10-12,15,17-18,21H,7-9,13-14H2,1-3H3/t17-,18-,21-/m0/s1. The summed E-state index contributed by atoms with van der Waals surface area (Å²) in [6, 6.07) is 8.99. The Hall–Kier alpha value is -2.14. The molecular formula is C22H29N3O2. The third kappa shape index (κ3) is 3.93. The molecule has 0 unspecified atom stereocenters. The lowest BCUT2D eigenvalue weighted by Gasteiger charge is -2.35. The molecular weight excluding hydrogens is 338 g/mol. The van der Waals surface area contributed by atoms with Crippen LogP contribution in [-0.2, 0) is 6.54 Å². The molecule has 27 heavy (non-hydrogen) atoms. The smallest absolute Gasteiger partial charge is 0.130 e. The number of nitrogens with zero attached hydrogens (tertiary/aromatic N) is 3. The molecule has 4 rings (SSSR count). The summed E-state index contributed by atoms with van der Waals surface area (Å²) >= 11 is 0. The number of fused-ring (bicyclic) bond motifs is 2. The molecule has 2 fully saturated rings. The van der Waals surface area contributed by atoms with Gasteiger partial charge in [0.15, 0.2) is 0 Å². The second-order valence-electron chi connectivity index (χ2n) is 8.06. The highest BCUT2D eigenvalue weighted by Gasteiger charge is 2.45. The molecule has 2 heterocycles. The van der Waals surface area contributed by atoms with Crippen LogP contribution in [0.15, 0.2) is 36.7 Å². The molecule has 0 N–H and O–H groups in total. The van der Waals surface area contributed by atoms with Crippen LogP contribution in [0.3, 0.4) is 0 Å². The van der Waals surface area contributed by atoms with Crippen molar-refractivity contribution in [2.75, 3.05) is 13.7 Å². The molecule has 5 heteroatoms. The van der Waals surface area contributed by atoms with Gasteiger partial charge in [0.25, 0.3) is 0 Å². The molecule has 5 nitrogen and oxygen atoms in total.